The van der Waals surface area contributed by atoms with E-state index in [1.165, 1.54) is 0 Å². The predicted octanol–water partition coefficient (Wildman–Crippen LogP) is 4.57. The SMILES string of the molecule is COc1cccc(-c2cccc3[nH]c(-c4n[nH]c5ccc(-c6cn[nH]c6)nc45)nc23)c1. The van der Waals surface area contributed by atoms with E-state index in [0.717, 1.165) is 50.2 Å². The molecule has 31 heavy (non-hydrogen) atoms. The second kappa shape index (κ2) is 6.81. The zero-order valence-electron chi connectivity index (χ0n) is 16.5. The van der Waals surface area contributed by atoms with E-state index in [1.807, 2.05) is 54.7 Å². The summed E-state index contributed by atoms with van der Waals surface area (Å²) in [5, 5.41) is 14.4. The van der Waals surface area contributed by atoms with Crippen LogP contribution in [0.4, 0.5) is 0 Å². The van der Waals surface area contributed by atoms with Crippen molar-refractivity contribution < 1.29 is 4.74 Å². The Morgan fingerprint density at radius 3 is 2.68 bits per heavy atom. The van der Waals surface area contributed by atoms with Crippen molar-refractivity contribution in [1.29, 1.82) is 0 Å². The zero-order valence-corrected chi connectivity index (χ0v) is 16.5. The van der Waals surface area contributed by atoms with Gasteiger partial charge in [0, 0.05) is 17.3 Å². The summed E-state index contributed by atoms with van der Waals surface area (Å²) in [5.74, 6) is 1.47. The zero-order chi connectivity index (χ0) is 20.8. The van der Waals surface area contributed by atoms with E-state index in [2.05, 4.69) is 31.4 Å². The number of methoxy groups -OCH3 is 1. The first kappa shape index (κ1) is 17.4. The summed E-state index contributed by atoms with van der Waals surface area (Å²) >= 11 is 0. The van der Waals surface area contributed by atoms with Crippen LogP contribution in [0, 0.1) is 0 Å². The highest BCUT2D eigenvalue weighted by atomic mass is 16.5. The topological polar surface area (TPSA) is 108 Å². The number of nitrogens with zero attached hydrogens (tertiary/aromatic N) is 4. The molecule has 0 bridgehead atoms. The number of ether oxygens (including phenoxy) is 1. The maximum Gasteiger partial charge on any atom is 0.161 e. The van der Waals surface area contributed by atoms with Crippen molar-refractivity contribution in [2.75, 3.05) is 7.11 Å². The minimum atomic E-state index is 0.661. The minimum Gasteiger partial charge on any atom is -0.497 e. The van der Waals surface area contributed by atoms with Crippen molar-refractivity contribution in [3.05, 3.63) is 67.0 Å². The normalized spacial score (nSPS) is 11.4. The van der Waals surface area contributed by atoms with Crippen LogP contribution in [0.3, 0.4) is 0 Å². The molecule has 6 aromatic rings. The molecule has 0 aliphatic rings. The van der Waals surface area contributed by atoms with Crippen molar-refractivity contribution in [2.45, 2.75) is 0 Å². The smallest absolute Gasteiger partial charge is 0.161 e. The molecular formula is C23H17N7O. The second-order valence-electron chi connectivity index (χ2n) is 7.17. The number of H-pyrrole nitrogens is 3. The molecule has 8 nitrogen and oxygen atoms in total. The lowest BCUT2D eigenvalue weighted by molar-refractivity contribution is 0.415. The number of nitrogens with one attached hydrogen (secondary N) is 3. The van der Waals surface area contributed by atoms with Crippen molar-refractivity contribution in [1.82, 2.24) is 35.3 Å². The maximum absolute atomic E-state index is 5.39. The first-order valence-corrected chi connectivity index (χ1v) is 9.78. The van der Waals surface area contributed by atoms with Gasteiger partial charge in [-0.2, -0.15) is 10.2 Å². The van der Waals surface area contributed by atoms with Gasteiger partial charge in [-0.25, -0.2) is 9.97 Å². The molecule has 0 unspecified atom stereocenters. The van der Waals surface area contributed by atoms with Gasteiger partial charge in [-0.15, -0.1) is 0 Å². The fourth-order valence-electron chi connectivity index (χ4n) is 3.78. The molecule has 0 aliphatic heterocycles. The largest absolute Gasteiger partial charge is 0.497 e. The van der Waals surface area contributed by atoms with E-state index in [0.29, 0.717) is 11.5 Å². The summed E-state index contributed by atoms with van der Waals surface area (Å²) in [7, 11) is 1.67. The van der Waals surface area contributed by atoms with Crippen LogP contribution in [0.1, 0.15) is 0 Å². The van der Waals surface area contributed by atoms with Gasteiger partial charge in [0.1, 0.15) is 11.3 Å². The molecule has 0 fully saturated rings. The number of benzene rings is 2. The summed E-state index contributed by atoms with van der Waals surface area (Å²) < 4.78 is 5.39. The average molecular weight is 407 g/mol. The van der Waals surface area contributed by atoms with Crippen LogP contribution in [-0.2, 0) is 0 Å². The Balaban J connectivity index is 1.51. The number of hydrogen-bond donors (Lipinski definition) is 3. The standard InChI is InChI=1S/C23H17N7O/c1-31-15-5-2-4-13(10-15)16-6-3-7-18-20(16)28-23(27-18)22-21-19(29-30-22)9-8-17(26-21)14-11-24-25-12-14/h2-12H,1H3,(H,24,25)(H,27,28)(H,29,30). The Morgan fingerprint density at radius 2 is 1.81 bits per heavy atom. The molecular weight excluding hydrogens is 390 g/mol. The molecule has 0 amide bonds. The Bertz CT molecular complexity index is 1530. The quantitative estimate of drug-likeness (QED) is 0.397. The number of imidazole rings is 1. The van der Waals surface area contributed by atoms with Gasteiger partial charge in [-0.1, -0.05) is 24.3 Å². The van der Waals surface area contributed by atoms with E-state index in [-0.39, 0.29) is 0 Å². The first-order chi connectivity index (χ1) is 15.3. The van der Waals surface area contributed by atoms with Crippen LogP contribution in [-0.4, -0.2) is 42.5 Å². The van der Waals surface area contributed by atoms with E-state index < -0.39 is 0 Å². The molecule has 6 rings (SSSR count). The maximum atomic E-state index is 5.39. The van der Waals surface area contributed by atoms with Gasteiger partial charge in [0.05, 0.1) is 35.6 Å². The predicted molar refractivity (Wildman–Crippen MR) is 119 cm³/mol. The van der Waals surface area contributed by atoms with Crippen molar-refractivity contribution in [3.63, 3.8) is 0 Å². The number of pyridine rings is 1. The minimum absolute atomic E-state index is 0.661. The van der Waals surface area contributed by atoms with Crippen LogP contribution in [0.25, 0.3) is 56.0 Å². The van der Waals surface area contributed by atoms with Gasteiger partial charge >= 0.3 is 0 Å². The molecule has 4 heterocycles. The number of hydrogen-bond acceptors (Lipinski definition) is 5. The van der Waals surface area contributed by atoms with Crippen LogP contribution < -0.4 is 4.74 Å². The highest BCUT2D eigenvalue weighted by Gasteiger charge is 2.17. The molecule has 0 spiro atoms. The Kier molecular flexibility index (Phi) is 3.82. The molecule has 0 saturated carbocycles. The number of rotatable bonds is 4. The Labute approximate surface area is 176 Å². The molecule has 0 radical (unpaired) electrons. The molecule has 4 aromatic heterocycles. The van der Waals surface area contributed by atoms with E-state index >= 15 is 0 Å². The summed E-state index contributed by atoms with van der Waals surface area (Å²) in [5.41, 5.74) is 7.85. The van der Waals surface area contributed by atoms with Gasteiger partial charge in [-0.05, 0) is 35.9 Å². The molecule has 0 saturated heterocycles. The molecule has 0 atom stereocenters. The fourth-order valence-corrected chi connectivity index (χ4v) is 3.78. The van der Waals surface area contributed by atoms with Crippen LogP contribution >= 0.6 is 0 Å². The average Bonchev–Trinajstić information content (AvgIpc) is 3.57. The molecule has 0 aliphatic carbocycles. The molecule has 2 aromatic carbocycles. The van der Waals surface area contributed by atoms with E-state index in [1.54, 1.807) is 13.3 Å². The summed E-state index contributed by atoms with van der Waals surface area (Å²) in [6, 6.07) is 17.9. The lowest BCUT2D eigenvalue weighted by Gasteiger charge is -2.05. The third-order valence-corrected chi connectivity index (χ3v) is 5.32. The van der Waals surface area contributed by atoms with E-state index in [9.17, 15) is 0 Å². The summed E-state index contributed by atoms with van der Waals surface area (Å²) in [6.45, 7) is 0. The molecule has 150 valence electrons. The first-order valence-electron chi connectivity index (χ1n) is 9.78. The Morgan fingerprint density at radius 1 is 0.871 bits per heavy atom. The third kappa shape index (κ3) is 2.84. The molecule has 3 N–H and O–H groups in total. The van der Waals surface area contributed by atoms with Gasteiger partial charge in [0.15, 0.2) is 11.5 Å². The second-order valence-corrected chi connectivity index (χ2v) is 7.17. The number of aromatic amines is 3. The van der Waals surface area contributed by atoms with Gasteiger partial charge in [0.2, 0.25) is 0 Å². The summed E-state index contributed by atoms with van der Waals surface area (Å²) in [6.07, 6.45) is 3.56. The van der Waals surface area contributed by atoms with Crippen molar-refractivity contribution >= 4 is 22.1 Å². The van der Waals surface area contributed by atoms with Gasteiger partial charge in [-0.3, -0.25) is 10.2 Å². The fraction of sp³-hybridized carbons (Fsp3) is 0.0435. The lowest BCUT2D eigenvalue weighted by atomic mass is 10.0. The van der Waals surface area contributed by atoms with Gasteiger partial charge < -0.3 is 9.72 Å². The van der Waals surface area contributed by atoms with Crippen molar-refractivity contribution in [2.24, 2.45) is 0 Å². The molecule has 8 heteroatoms. The number of para-hydroxylation sites is 1. The number of aromatic nitrogens is 7. The van der Waals surface area contributed by atoms with Crippen molar-refractivity contribution in [3.8, 4) is 39.7 Å². The summed E-state index contributed by atoms with van der Waals surface area (Å²) in [4.78, 5) is 13.1. The van der Waals surface area contributed by atoms with Crippen LogP contribution in [0.5, 0.6) is 5.75 Å². The van der Waals surface area contributed by atoms with Crippen LogP contribution in [0.15, 0.2) is 67.0 Å². The highest BCUT2D eigenvalue weighted by Crippen LogP contribution is 2.32. The van der Waals surface area contributed by atoms with Crippen LogP contribution in [0.2, 0.25) is 0 Å². The lowest BCUT2D eigenvalue weighted by Crippen LogP contribution is -1.86. The highest BCUT2D eigenvalue weighted by molar-refractivity contribution is 5.96. The van der Waals surface area contributed by atoms with Gasteiger partial charge in [0.25, 0.3) is 0 Å². The number of fused-ring (bicyclic) bond motifs is 2. The monoisotopic (exact) mass is 407 g/mol. The third-order valence-electron chi connectivity index (χ3n) is 5.32. The Hall–Kier alpha value is -4.46. The van der Waals surface area contributed by atoms with E-state index in [4.69, 9.17) is 14.7 Å².